The Hall–Kier alpha value is -2.25. The summed E-state index contributed by atoms with van der Waals surface area (Å²) < 4.78 is 33.9. The molecule has 0 aromatic heterocycles. The Kier molecular flexibility index (Phi) is 5.15. The van der Waals surface area contributed by atoms with Gasteiger partial charge in [0.05, 0.1) is 6.04 Å². The van der Waals surface area contributed by atoms with E-state index in [1.54, 1.807) is 12.1 Å². The van der Waals surface area contributed by atoms with Crippen molar-refractivity contribution in [1.82, 2.24) is 5.32 Å². The van der Waals surface area contributed by atoms with Crippen molar-refractivity contribution in [3.8, 4) is 5.75 Å². The van der Waals surface area contributed by atoms with Gasteiger partial charge in [-0.15, -0.1) is 0 Å². The topological polar surface area (TPSA) is 81.7 Å². The molecule has 1 heterocycles. The van der Waals surface area contributed by atoms with Crippen molar-refractivity contribution in [2.24, 2.45) is 0 Å². The summed E-state index contributed by atoms with van der Waals surface area (Å²) in [6.45, 7) is 0.308. The number of amides is 1. The van der Waals surface area contributed by atoms with Crippen LogP contribution in [0.1, 0.15) is 11.1 Å². The molecule has 1 aliphatic heterocycles. The molecular formula is C17H16ClNO5S. The fourth-order valence-electron chi connectivity index (χ4n) is 2.61. The molecule has 0 bridgehead atoms. The lowest BCUT2D eigenvalue weighted by atomic mass is 10.0. The van der Waals surface area contributed by atoms with Gasteiger partial charge in [0.25, 0.3) is 9.05 Å². The average Bonchev–Trinajstić information content (AvgIpc) is 2.59. The minimum Gasteiger partial charge on any atom is -0.490 e. The quantitative estimate of drug-likeness (QED) is 0.823. The van der Waals surface area contributed by atoms with E-state index in [-0.39, 0.29) is 29.9 Å². The Morgan fingerprint density at radius 2 is 1.96 bits per heavy atom. The Bertz CT molecular complexity index is 870. The summed E-state index contributed by atoms with van der Waals surface area (Å²) >= 11 is 0. The van der Waals surface area contributed by atoms with Crippen molar-refractivity contribution in [1.29, 1.82) is 0 Å². The van der Waals surface area contributed by atoms with Gasteiger partial charge in [0, 0.05) is 10.7 Å². The molecule has 1 N–H and O–H groups in total. The minimum atomic E-state index is -3.89. The number of benzene rings is 2. The molecule has 0 radical (unpaired) electrons. The second kappa shape index (κ2) is 7.33. The van der Waals surface area contributed by atoms with Gasteiger partial charge in [-0.3, -0.25) is 0 Å². The first-order valence-electron chi connectivity index (χ1n) is 7.60. The van der Waals surface area contributed by atoms with Crippen LogP contribution in [-0.2, 0) is 26.8 Å². The highest BCUT2D eigenvalue weighted by molar-refractivity contribution is 8.13. The molecular weight excluding hydrogens is 366 g/mol. The van der Waals surface area contributed by atoms with E-state index in [4.69, 9.17) is 20.2 Å². The van der Waals surface area contributed by atoms with Crippen molar-refractivity contribution >= 4 is 25.8 Å². The van der Waals surface area contributed by atoms with E-state index in [1.807, 2.05) is 30.3 Å². The number of nitrogens with one attached hydrogen (secondary N) is 1. The van der Waals surface area contributed by atoms with Gasteiger partial charge in [0.2, 0.25) is 0 Å². The molecule has 0 spiro atoms. The van der Waals surface area contributed by atoms with Gasteiger partial charge in [-0.2, -0.15) is 0 Å². The first-order valence-corrected chi connectivity index (χ1v) is 9.91. The second-order valence-corrected chi connectivity index (χ2v) is 8.13. The first-order chi connectivity index (χ1) is 11.9. The maximum absolute atomic E-state index is 11.9. The standard InChI is InChI=1S/C17H16ClNO5S/c18-25(21,22)15-8-4-7-13-9-14(11-23-16(13)15)19-17(20)24-10-12-5-2-1-3-6-12/h1-8,14H,9-11H2,(H,19,20)/t14-/m1/s1. The van der Waals surface area contributed by atoms with Crippen molar-refractivity contribution in [3.63, 3.8) is 0 Å². The van der Waals surface area contributed by atoms with Crippen LogP contribution in [0.25, 0.3) is 0 Å². The zero-order valence-electron chi connectivity index (χ0n) is 13.1. The molecule has 25 heavy (non-hydrogen) atoms. The third kappa shape index (κ3) is 4.43. The summed E-state index contributed by atoms with van der Waals surface area (Å²) in [5.74, 6) is 0.244. The fourth-order valence-corrected chi connectivity index (χ4v) is 3.63. The molecule has 0 saturated heterocycles. The van der Waals surface area contributed by atoms with E-state index in [0.717, 1.165) is 5.56 Å². The molecule has 0 fully saturated rings. The highest BCUT2D eigenvalue weighted by Crippen LogP contribution is 2.33. The second-order valence-electron chi connectivity index (χ2n) is 5.60. The van der Waals surface area contributed by atoms with Crippen LogP contribution in [-0.4, -0.2) is 27.2 Å². The Balaban J connectivity index is 1.61. The highest BCUT2D eigenvalue weighted by atomic mass is 35.7. The van der Waals surface area contributed by atoms with E-state index < -0.39 is 15.1 Å². The molecule has 1 amide bonds. The number of hydrogen-bond acceptors (Lipinski definition) is 5. The maximum Gasteiger partial charge on any atom is 0.407 e. The maximum atomic E-state index is 11.9. The summed E-state index contributed by atoms with van der Waals surface area (Å²) in [6.07, 6.45) is -0.127. The van der Waals surface area contributed by atoms with Crippen molar-refractivity contribution in [2.45, 2.75) is 24.0 Å². The lowest BCUT2D eigenvalue weighted by Crippen LogP contribution is -2.43. The third-order valence-electron chi connectivity index (χ3n) is 3.75. The fraction of sp³-hybridized carbons (Fsp3) is 0.235. The summed E-state index contributed by atoms with van der Waals surface area (Å²) in [5.41, 5.74) is 1.56. The van der Waals surface area contributed by atoms with Gasteiger partial charge in [-0.25, -0.2) is 13.2 Å². The van der Waals surface area contributed by atoms with Crippen LogP contribution in [0.4, 0.5) is 4.79 Å². The Morgan fingerprint density at radius 1 is 1.20 bits per heavy atom. The van der Waals surface area contributed by atoms with Gasteiger partial charge in [0.15, 0.2) is 0 Å². The minimum absolute atomic E-state index is 0.0585. The van der Waals surface area contributed by atoms with Gasteiger partial charge < -0.3 is 14.8 Å². The highest BCUT2D eigenvalue weighted by Gasteiger charge is 2.27. The molecule has 0 saturated carbocycles. The van der Waals surface area contributed by atoms with Gasteiger partial charge in [0.1, 0.15) is 23.9 Å². The number of rotatable bonds is 4. The number of halogens is 1. The van der Waals surface area contributed by atoms with Crippen LogP contribution in [0.2, 0.25) is 0 Å². The number of alkyl carbamates (subject to hydrolysis) is 1. The summed E-state index contributed by atoms with van der Waals surface area (Å²) in [4.78, 5) is 11.9. The summed E-state index contributed by atoms with van der Waals surface area (Å²) in [6, 6.07) is 13.7. The number of para-hydroxylation sites is 1. The molecule has 8 heteroatoms. The normalized spacial score (nSPS) is 16.4. The van der Waals surface area contributed by atoms with Crippen LogP contribution < -0.4 is 10.1 Å². The number of carbonyl (C=O) groups is 1. The molecule has 0 aliphatic carbocycles. The molecule has 2 aromatic rings. The molecule has 3 rings (SSSR count). The zero-order chi connectivity index (χ0) is 17.9. The van der Waals surface area contributed by atoms with E-state index in [9.17, 15) is 13.2 Å². The SMILES string of the molecule is O=C(N[C@H]1COc2c(cccc2S(=O)(=O)Cl)C1)OCc1ccccc1. The van der Waals surface area contributed by atoms with E-state index in [2.05, 4.69) is 5.32 Å². The van der Waals surface area contributed by atoms with Gasteiger partial charge in [-0.1, -0.05) is 42.5 Å². The van der Waals surface area contributed by atoms with E-state index >= 15 is 0 Å². The third-order valence-corrected chi connectivity index (χ3v) is 5.10. The first kappa shape index (κ1) is 17.6. The summed E-state index contributed by atoms with van der Waals surface area (Å²) in [5, 5.41) is 2.72. The van der Waals surface area contributed by atoms with Crippen LogP contribution in [0.15, 0.2) is 53.4 Å². The summed E-state index contributed by atoms with van der Waals surface area (Å²) in [7, 11) is 1.53. The molecule has 1 atom stereocenters. The van der Waals surface area contributed by atoms with Crippen molar-refractivity contribution in [3.05, 3.63) is 59.7 Å². The van der Waals surface area contributed by atoms with Crippen molar-refractivity contribution < 1.29 is 22.7 Å². The number of fused-ring (bicyclic) bond motifs is 1. The molecule has 1 aliphatic rings. The van der Waals surface area contributed by atoms with Crippen molar-refractivity contribution in [2.75, 3.05) is 6.61 Å². The monoisotopic (exact) mass is 381 g/mol. The molecule has 6 nitrogen and oxygen atoms in total. The number of hydrogen-bond donors (Lipinski definition) is 1. The lowest BCUT2D eigenvalue weighted by Gasteiger charge is -2.26. The van der Waals surface area contributed by atoms with Crippen LogP contribution in [0.5, 0.6) is 5.75 Å². The number of carbonyl (C=O) groups excluding carboxylic acids is 1. The predicted molar refractivity (Wildman–Crippen MR) is 92.2 cm³/mol. The van der Waals surface area contributed by atoms with Gasteiger partial charge in [-0.05, 0) is 23.6 Å². The molecule has 2 aromatic carbocycles. The zero-order valence-corrected chi connectivity index (χ0v) is 14.7. The van der Waals surface area contributed by atoms with Crippen LogP contribution >= 0.6 is 10.7 Å². The molecule has 0 unspecified atom stereocenters. The van der Waals surface area contributed by atoms with E-state index in [0.29, 0.717) is 12.0 Å². The van der Waals surface area contributed by atoms with Crippen LogP contribution in [0.3, 0.4) is 0 Å². The van der Waals surface area contributed by atoms with E-state index in [1.165, 1.54) is 6.07 Å². The largest absolute Gasteiger partial charge is 0.490 e. The predicted octanol–water partition coefficient (Wildman–Crippen LogP) is 2.84. The smallest absolute Gasteiger partial charge is 0.407 e. The van der Waals surface area contributed by atoms with Gasteiger partial charge >= 0.3 is 6.09 Å². The van der Waals surface area contributed by atoms with Crippen LogP contribution in [0, 0.1) is 0 Å². The Labute approximate surface area is 150 Å². The molecule has 132 valence electrons. The number of ether oxygens (including phenoxy) is 2. The Morgan fingerprint density at radius 3 is 2.68 bits per heavy atom. The average molecular weight is 382 g/mol. The lowest BCUT2D eigenvalue weighted by molar-refractivity contribution is 0.128.